The SMILES string of the molecule is CN1CCN(C2COC3(C2)CN(C(=O)c2ccc(F)c(Cl)c2)C3)CC1. The molecular weight excluding hydrogens is 345 g/mol. The van der Waals surface area contributed by atoms with Gasteiger partial charge in [-0.1, -0.05) is 11.6 Å². The number of carbonyl (C=O) groups is 1. The van der Waals surface area contributed by atoms with E-state index >= 15 is 0 Å². The number of amides is 1. The van der Waals surface area contributed by atoms with Gasteiger partial charge in [-0.25, -0.2) is 4.39 Å². The minimum Gasteiger partial charge on any atom is -0.370 e. The highest BCUT2D eigenvalue weighted by Gasteiger charge is 2.52. The van der Waals surface area contributed by atoms with Crippen LogP contribution in [0.25, 0.3) is 0 Å². The van der Waals surface area contributed by atoms with Crippen LogP contribution in [-0.2, 0) is 4.74 Å². The summed E-state index contributed by atoms with van der Waals surface area (Å²) < 4.78 is 19.4. The number of halogens is 2. The Kier molecular flexibility index (Phi) is 4.48. The number of likely N-dealkylation sites (tertiary alicyclic amines) is 1. The lowest BCUT2D eigenvalue weighted by Gasteiger charge is -2.47. The minimum atomic E-state index is -0.507. The Morgan fingerprint density at radius 3 is 2.68 bits per heavy atom. The highest BCUT2D eigenvalue weighted by Crippen LogP contribution is 2.38. The largest absolute Gasteiger partial charge is 0.370 e. The van der Waals surface area contributed by atoms with E-state index in [1.54, 1.807) is 4.90 Å². The topological polar surface area (TPSA) is 36.0 Å². The number of piperazine rings is 1. The molecule has 1 unspecified atom stereocenters. The standard InChI is InChI=1S/C18H23ClFN3O2/c1-21-4-6-22(7-5-21)14-9-18(25-10-14)11-23(12-18)17(24)13-2-3-16(20)15(19)8-13/h2-3,8,14H,4-7,9-12H2,1H3. The maximum Gasteiger partial charge on any atom is 0.254 e. The summed E-state index contributed by atoms with van der Waals surface area (Å²) in [4.78, 5) is 19.1. The Bertz CT molecular complexity index is 672. The number of hydrogen-bond donors (Lipinski definition) is 0. The molecule has 3 aliphatic heterocycles. The molecule has 0 N–H and O–H groups in total. The van der Waals surface area contributed by atoms with Crippen molar-refractivity contribution < 1.29 is 13.9 Å². The van der Waals surface area contributed by atoms with Crippen molar-refractivity contribution in [2.45, 2.75) is 18.1 Å². The molecule has 1 aromatic carbocycles. The Hall–Kier alpha value is -1.21. The molecule has 136 valence electrons. The summed E-state index contributed by atoms with van der Waals surface area (Å²) in [6.45, 7) is 6.30. The van der Waals surface area contributed by atoms with Crippen molar-refractivity contribution in [2.75, 3.05) is 52.9 Å². The van der Waals surface area contributed by atoms with Crippen LogP contribution >= 0.6 is 11.6 Å². The molecule has 0 aromatic heterocycles. The fourth-order valence-corrected chi connectivity index (χ4v) is 4.25. The lowest BCUT2D eigenvalue weighted by atomic mass is 9.88. The molecule has 5 nitrogen and oxygen atoms in total. The molecule has 7 heteroatoms. The third-order valence-electron chi connectivity index (χ3n) is 5.66. The number of ether oxygens (including phenoxy) is 1. The van der Waals surface area contributed by atoms with E-state index in [9.17, 15) is 9.18 Å². The highest BCUT2D eigenvalue weighted by atomic mass is 35.5. The summed E-state index contributed by atoms with van der Waals surface area (Å²) >= 11 is 5.78. The molecule has 0 saturated carbocycles. The highest BCUT2D eigenvalue weighted by molar-refractivity contribution is 6.31. The van der Waals surface area contributed by atoms with Crippen LogP contribution < -0.4 is 0 Å². The molecule has 1 amide bonds. The van der Waals surface area contributed by atoms with Crippen LogP contribution in [0.15, 0.2) is 18.2 Å². The lowest BCUT2D eigenvalue weighted by Crippen LogP contribution is -2.63. The fraction of sp³-hybridized carbons (Fsp3) is 0.611. The second-order valence-corrected chi connectivity index (χ2v) is 7.89. The van der Waals surface area contributed by atoms with Gasteiger partial charge in [-0.3, -0.25) is 9.69 Å². The van der Waals surface area contributed by atoms with Gasteiger partial charge in [-0.05, 0) is 31.7 Å². The zero-order valence-electron chi connectivity index (χ0n) is 14.4. The predicted octanol–water partition coefficient (Wildman–Crippen LogP) is 1.71. The summed E-state index contributed by atoms with van der Waals surface area (Å²) in [5.41, 5.74) is 0.225. The van der Waals surface area contributed by atoms with Crippen LogP contribution in [0.4, 0.5) is 4.39 Å². The van der Waals surface area contributed by atoms with Crippen molar-refractivity contribution in [3.8, 4) is 0 Å². The molecule has 1 aromatic rings. The number of benzene rings is 1. The first-order valence-electron chi connectivity index (χ1n) is 8.77. The van der Waals surface area contributed by atoms with Crippen LogP contribution in [-0.4, -0.2) is 85.2 Å². The van der Waals surface area contributed by atoms with Crippen LogP contribution in [0.1, 0.15) is 16.8 Å². The molecule has 3 fully saturated rings. The molecule has 25 heavy (non-hydrogen) atoms. The third kappa shape index (κ3) is 3.28. The second-order valence-electron chi connectivity index (χ2n) is 7.48. The summed E-state index contributed by atoms with van der Waals surface area (Å²) in [6, 6.07) is 4.57. The molecule has 0 aliphatic carbocycles. The van der Waals surface area contributed by atoms with Gasteiger partial charge >= 0.3 is 0 Å². The van der Waals surface area contributed by atoms with Gasteiger partial charge in [0.1, 0.15) is 11.4 Å². The zero-order chi connectivity index (χ0) is 17.6. The first-order chi connectivity index (χ1) is 12.0. The monoisotopic (exact) mass is 367 g/mol. The maximum absolute atomic E-state index is 13.3. The van der Waals surface area contributed by atoms with E-state index in [4.69, 9.17) is 16.3 Å². The maximum atomic E-state index is 13.3. The summed E-state index contributed by atoms with van der Waals surface area (Å²) in [5.74, 6) is -0.619. The minimum absolute atomic E-state index is 0.0201. The quantitative estimate of drug-likeness (QED) is 0.797. The normalized spacial score (nSPS) is 26.8. The van der Waals surface area contributed by atoms with Crippen molar-refractivity contribution in [2.24, 2.45) is 0 Å². The molecule has 3 saturated heterocycles. The van der Waals surface area contributed by atoms with Crippen molar-refractivity contribution in [3.63, 3.8) is 0 Å². The number of rotatable bonds is 2. The molecule has 3 aliphatic rings. The van der Waals surface area contributed by atoms with E-state index in [-0.39, 0.29) is 16.5 Å². The van der Waals surface area contributed by atoms with E-state index in [0.29, 0.717) is 24.7 Å². The number of likely N-dealkylation sites (N-methyl/N-ethyl adjacent to an activating group) is 1. The van der Waals surface area contributed by atoms with E-state index in [1.165, 1.54) is 18.2 Å². The van der Waals surface area contributed by atoms with Crippen LogP contribution in [0.3, 0.4) is 0 Å². The van der Waals surface area contributed by atoms with E-state index in [2.05, 4.69) is 16.8 Å². The average Bonchev–Trinajstić information content (AvgIpc) is 3.02. The third-order valence-corrected chi connectivity index (χ3v) is 5.95. The van der Waals surface area contributed by atoms with Crippen molar-refractivity contribution in [1.82, 2.24) is 14.7 Å². The van der Waals surface area contributed by atoms with Crippen molar-refractivity contribution in [3.05, 3.63) is 34.6 Å². The van der Waals surface area contributed by atoms with E-state index in [1.807, 2.05) is 0 Å². The fourth-order valence-electron chi connectivity index (χ4n) is 4.07. The van der Waals surface area contributed by atoms with Gasteiger partial charge in [0.15, 0.2) is 0 Å². The Balaban J connectivity index is 1.34. The van der Waals surface area contributed by atoms with Gasteiger partial charge < -0.3 is 14.5 Å². The Labute approximate surface area is 152 Å². The summed E-state index contributed by atoms with van der Waals surface area (Å²) in [6.07, 6.45) is 0.977. The molecular formula is C18H23ClFN3O2. The molecule has 0 radical (unpaired) electrons. The van der Waals surface area contributed by atoms with Gasteiger partial charge in [-0.15, -0.1) is 0 Å². The van der Waals surface area contributed by atoms with E-state index in [0.717, 1.165) is 39.2 Å². The first-order valence-corrected chi connectivity index (χ1v) is 9.14. The number of nitrogens with zero attached hydrogens (tertiary/aromatic N) is 3. The van der Waals surface area contributed by atoms with E-state index < -0.39 is 5.82 Å². The van der Waals surface area contributed by atoms with Crippen LogP contribution in [0.2, 0.25) is 5.02 Å². The predicted molar refractivity (Wildman–Crippen MR) is 93.5 cm³/mol. The summed E-state index contributed by atoms with van der Waals surface area (Å²) in [7, 11) is 2.15. The number of carbonyl (C=O) groups excluding carboxylic acids is 1. The van der Waals surface area contributed by atoms with Crippen LogP contribution in [0.5, 0.6) is 0 Å². The van der Waals surface area contributed by atoms with Gasteiger partial charge in [0.05, 0.1) is 24.7 Å². The zero-order valence-corrected chi connectivity index (χ0v) is 15.1. The van der Waals surface area contributed by atoms with Gasteiger partial charge in [0.2, 0.25) is 0 Å². The van der Waals surface area contributed by atoms with Crippen molar-refractivity contribution >= 4 is 17.5 Å². The molecule has 1 atom stereocenters. The van der Waals surface area contributed by atoms with Gasteiger partial charge in [0, 0.05) is 37.8 Å². The number of hydrogen-bond acceptors (Lipinski definition) is 4. The van der Waals surface area contributed by atoms with Gasteiger partial charge in [-0.2, -0.15) is 0 Å². The average molecular weight is 368 g/mol. The Morgan fingerprint density at radius 2 is 2.00 bits per heavy atom. The lowest BCUT2D eigenvalue weighted by molar-refractivity contribution is -0.0951. The van der Waals surface area contributed by atoms with Gasteiger partial charge in [0.25, 0.3) is 5.91 Å². The van der Waals surface area contributed by atoms with Crippen LogP contribution in [0, 0.1) is 5.82 Å². The second kappa shape index (κ2) is 6.50. The molecule has 3 heterocycles. The molecule has 0 bridgehead atoms. The molecule has 4 rings (SSSR count). The van der Waals surface area contributed by atoms with Crippen molar-refractivity contribution in [1.29, 1.82) is 0 Å². The summed E-state index contributed by atoms with van der Waals surface area (Å²) in [5, 5.41) is -0.0201. The first kappa shape index (κ1) is 17.2. The Morgan fingerprint density at radius 1 is 1.28 bits per heavy atom. The smallest absolute Gasteiger partial charge is 0.254 e. The molecule has 1 spiro atoms.